The Kier molecular flexibility index (Phi) is 5.51. The van der Waals surface area contributed by atoms with Crippen LogP contribution in [0.15, 0.2) is 24.3 Å². The summed E-state index contributed by atoms with van der Waals surface area (Å²) in [5.74, 6) is -1.96. The Bertz CT molecular complexity index is 1550. The molecule has 2 N–H and O–H groups in total. The van der Waals surface area contributed by atoms with Gasteiger partial charge >= 0.3 is 6.18 Å². The number of halogens is 3. The van der Waals surface area contributed by atoms with Gasteiger partial charge in [0.1, 0.15) is 11.3 Å². The van der Waals surface area contributed by atoms with Crippen molar-refractivity contribution < 1.29 is 31.2 Å². The number of aryl methyl sites for hydroxylation is 3. The van der Waals surface area contributed by atoms with Crippen LogP contribution in [-0.2, 0) is 46.2 Å². The highest BCUT2D eigenvalue weighted by Crippen LogP contribution is 2.45. The van der Waals surface area contributed by atoms with Crippen LogP contribution >= 0.6 is 0 Å². The Labute approximate surface area is 209 Å². The number of amides is 2. The predicted molar refractivity (Wildman–Crippen MR) is 126 cm³/mol. The van der Waals surface area contributed by atoms with Crippen molar-refractivity contribution in [1.82, 2.24) is 24.9 Å². The van der Waals surface area contributed by atoms with E-state index in [2.05, 4.69) is 20.8 Å². The Hall–Kier alpha value is -3.68. The Balaban J connectivity index is 1.59. The zero-order valence-corrected chi connectivity index (χ0v) is 20.9. The molecule has 1 spiro atoms. The molecule has 1 atom stereocenters. The molecular formula is C23H23F3N6O4S. The van der Waals surface area contributed by atoms with E-state index >= 15 is 0 Å². The van der Waals surface area contributed by atoms with E-state index in [9.17, 15) is 31.2 Å². The summed E-state index contributed by atoms with van der Waals surface area (Å²) in [6.07, 6.45) is -2.68. The van der Waals surface area contributed by atoms with Crippen LogP contribution in [0, 0.1) is 6.92 Å². The molecule has 14 heteroatoms. The molecule has 196 valence electrons. The number of alkyl halides is 3. The number of nitrogens with one attached hydrogen (secondary N) is 2. The van der Waals surface area contributed by atoms with E-state index in [1.54, 1.807) is 24.7 Å². The maximum atomic E-state index is 13.4. The van der Waals surface area contributed by atoms with Gasteiger partial charge in [0.05, 0.1) is 16.8 Å². The lowest BCUT2D eigenvalue weighted by Gasteiger charge is -2.35. The highest BCUT2D eigenvalue weighted by molar-refractivity contribution is 7.91. The van der Waals surface area contributed by atoms with Crippen molar-refractivity contribution in [3.63, 3.8) is 0 Å². The highest BCUT2D eigenvalue weighted by atomic mass is 32.2. The number of rotatable bonds is 4. The molecule has 1 aliphatic carbocycles. The zero-order valence-electron chi connectivity index (χ0n) is 20.1. The van der Waals surface area contributed by atoms with E-state index in [0.29, 0.717) is 35.5 Å². The number of hydrogen-bond donors (Lipinski definition) is 2. The second-order valence-electron chi connectivity index (χ2n) is 9.55. The topological polar surface area (TPSA) is 128 Å². The Morgan fingerprint density at radius 2 is 1.97 bits per heavy atom. The van der Waals surface area contributed by atoms with Crippen molar-refractivity contribution in [2.75, 3.05) is 17.3 Å². The lowest BCUT2D eigenvalue weighted by atomic mass is 9.82. The summed E-state index contributed by atoms with van der Waals surface area (Å²) in [7, 11) is -1.94. The van der Waals surface area contributed by atoms with Gasteiger partial charge in [0.25, 0.3) is 5.91 Å². The van der Waals surface area contributed by atoms with Gasteiger partial charge in [-0.15, -0.1) is 0 Å². The number of nitrogens with zero attached hydrogens (tertiary/aromatic N) is 4. The van der Waals surface area contributed by atoms with Crippen LogP contribution in [0.5, 0.6) is 0 Å². The van der Waals surface area contributed by atoms with E-state index in [0.717, 1.165) is 24.1 Å². The second-order valence-corrected chi connectivity index (χ2v) is 11.7. The van der Waals surface area contributed by atoms with Crippen LogP contribution in [0.25, 0.3) is 5.82 Å². The van der Waals surface area contributed by atoms with E-state index in [4.69, 9.17) is 0 Å². The number of carbonyl (C=O) groups is 2. The van der Waals surface area contributed by atoms with Crippen molar-refractivity contribution >= 4 is 27.5 Å². The molecular weight excluding hydrogens is 513 g/mol. The average Bonchev–Trinajstić information content (AvgIpc) is 3.40. The first-order valence-electron chi connectivity index (χ1n) is 11.3. The molecule has 2 aliphatic rings. The Morgan fingerprint density at radius 1 is 1.24 bits per heavy atom. The summed E-state index contributed by atoms with van der Waals surface area (Å²) in [4.78, 5) is 26.0. The molecule has 0 radical (unpaired) electrons. The number of hydrogen-bond acceptors (Lipinski definition) is 6. The van der Waals surface area contributed by atoms with E-state index in [1.807, 2.05) is 0 Å². The molecule has 1 aliphatic heterocycles. The lowest BCUT2D eigenvalue weighted by molar-refractivity contribution is -0.137. The van der Waals surface area contributed by atoms with Gasteiger partial charge in [0.15, 0.2) is 21.5 Å². The van der Waals surface area contributed by atoms with Gasteiger partial charge in [-0.05, 0) is 43.0 Å². The second kappa shape index (κ2) is 8.16. The van der Waals surface area contributed by atoms with E-state index in [1.165, 1.54) is 10.7 Å². The van der Waals surface area contributed by atoms with Crippen molar-refractivity contribution in [1.29, 1.82) is 0 Å². The van der Waals surface area contributed by atoms with Gasteiger partial charge in [-0.25, -0.2) is 8.42 Å². The standard InChI is InChI=1S/C23H23F3N6O4S/c1-12-8-17(30-31(12)2)32-20(27-18(33)11-37(3,35)36)19-16(29-32)10-22(28-21(19)34)7-6-13-9-14(23(24,25)26)4-5-15(13)22/h4-5,8-9H,6-7,10-11H2,1-3H3,(H,27,33)(H,28,34)/t22-/m0/s1. The van der Waals surface area contributed by atoms with Crippen molar-refractivity contribution in [2.24, 2.45) is 7.05 Å². The first kappa shape index (κ1) is 25.0. The minimum absolute atomic E-state index is 0.0280. The fourth-order valence-corrected chi connectivity index (χ4v) is 5.56. The highest BCUT2D eigenvalue weighted by Gasteiger charge is 2.47. The van der Waals surface area contributed by atoms with Crippen LogP contribution in [0.3, 0.4) is 0 Å². The van der Waals surface area contributed by atoms with Gasteiger partial charge in [0.2, 0.25) is 5.91 Å². The quantitative estimate of drug-likeness (QED) is 0.525. The van der Waals surface area contributed by atoms with Gasteiger partial charge in [-0.1, -0.05) is 6.07 Å². The monoisotopic (exact) mass is 536 g/mol. The third-order valence-corrected chi connectivity index (χ3v) is 7.53. The molecule has 0 saturated heterocycles. The predicted octanol–water partition coefficient (Wildman–Crippen LogP) is 2.04. The summed E-state index contributed by atoms with van der Waals surface area (Å²) >= 11 is 0. The number of benzene rings is 1. The van der Waals surface area contributed by atoms with Gasteiger partial charge < -0.3 is 10.6 Å². The molecule has 0 fully saturated rings. The summed E-state index contributed by atoms with van der Waals surface area (Å²) in [6, 6.07) is 5.18. The molecule has 0 saturated carbocycles. The van der Waals surface area contributed by atoms with Gasteiger partial charge in [0, 0.05) is 31.5 Å². The first-order chi connectivity index (χ1) is 17.2. The third kappa shape index (κ3) is 4.38. The molecule has 5 rings (SSSR count). The number of aromatic nitrogens is 4. The van der Waals surface area contributed by atoms with E-state index in [-0.39, 0.29) is 17.8 Å². The molecule has 3 aromatic rings. The zero-order chi connectivity index (χ0) is 26.9. The van der Waals surface area contributed by atoms with Gasteiger partial charge in [-0.2, -0.15) is 28.1 Å². The minimum Gasteiger partial charge on any atom is -0.342 e. The largest absolute Gasteiger partial charge is 0.416 e. The fourth-order valence-electron chi connectivity index (χ4n) is 5.01. The van der Waals surface area contributed by atoms with Crippen molar-refractivity contribution in [3.05, 3.63) is 57.9 Å². The minimum atomic E-state index is -4.48. The number of fused-ring (bicyclic) bond motifs is 3. The molecule has 2 amide bonds. The molecule has 0 unspecified atom stereocenters. The number of sulfone groups is 1. The van der Waals surface area contributed by atoms with Crippen LogP contribution in [0.1, 0.15) is 44.9 Å². The number of carbonyl (C=O) groups excluding carboxylic acids is 2. The molecule has 37 heavy (non-hydrogen) atoms. The summed E-state index contributed by atoms with van der Waals surface area (Å²) in [5.41, 5.74) is 0.507. The summed E-state index contributed by atoms with van der Waals surface area (Å²) in [6.45, 7) is 1.80. The molecule has 3 heterocycles. The molecule has 1 aromatic carbocycles. The molecule has 0 bridgehead atoms. The van der Waals surface area contributed by atoms with Crippen LogP contribution in [0.2, 0.25) is 0 Å². The van der Waals surface area contributed by atoms with Crippen molar-refractivity contribution in [3.8, 4) is 5.82 Å². The smallest absolute Gasteiger partial charge is 0.342 e. The van der Waals surface area contributed by atoms with Crippen LogP contribution < -0.4 is 10.6 Å². The third-order valence-electron chi connectivity index (χ3n) is 6.75. The Morgan fingerprint density at radius 3 is 2.59 bits per heavy atom. The van der Waals surface area contributed by atoms with Gasteiger partial charge in [-0.3, -0.25) is 14.3 Å². The summed E-state index contributed by atoms with van der Waals surface area (Å²) < 4.78 is 65.8. The molecule has 10 nitrogen and oxygen atoms in total. The SMILES string of the molecule is Cc1cc(-n2nc3c(c2NC(=O)CS(C)(=O)=O)C(=O)N[C@@]2(CCc4cc(C(F)(F)F)ccc42)C3)nn1C. The number of anilines is 1. The van der Waals surface area contributed by atoms with E-state index < -0.39 is 44.7 Å². The maximum absolute atomic E-state index is 13.4. The first-order valence-corrected chi connectivity index (χ1v) is 13.4. The van der Waals surface area contributed by atoms with Crippen LogP contribution in [0.4, 0.5) is 19.0 Å². The fraction of sp³-hybridized carbons (Fsp3) is 0.391. The normalized spacial score (nSPS) is 19.0. The lowest BCUT2D eigenvalue weighted by Crippen LogP contribution is -2.50. The van der Waals surface area contributed by atoms with Crippen LogP contribution in [-0.4, -0.2) is 51.8 Å². The summed E-state index contributed by atoms with van der Waals surface area (Å²) in [5, 5.41) is 14.4. The average molecular weight is 537 g/mol. The maximum Gasteiger partial charge on any atom is 0.416 e. The molecule has 2 aromatic heterocycles. The van der Waals surface area contributed by atoms with Crippen molar-refractivity contribution in [2.45, 2.75) is 37.9 Å².